The first kappa shape index (κ1) is 23.4. The van der Waals surface area contributed by atoms with Crippen LogP contribution in [0.1, 0.15) is 16.7 Å². The van der Waals surface area contributed by atoms with Crippen LogP contribution in [0.2, 0.25) is 0 Å². The Hall–Kier alpha value is -3.79. The minimum absolute atomic E-state index is 0.0266. The summed E-state index contributed by atoms with van der Waals surface area (Å²) in [5, 5.41) is -0.216. The number of ether oxygens (including phenoxy) is 1. The average Bonchev–Trinajstić information content (AvgIpc) is 2.78. The molecule has 10 heteroatoms. The van der Waals surface area contributed by atoms with Gasteiger partial charge in [0.15, 0.2) is 0 Å². The highest BCUT2D eigenvalue weighted by Crippen LogP contribution is 2.34. The lowest BCUT2D eigenvalue weighted by molar-refractivity contribution is -0.136. The molecule has 0 radical (unpaired) electrons. The van der Waals surface area contributed by atoms with Crippen LogP contribution >= 0.6 is 0 Å². The zero-order valence-corrected chi connectivity index (χ0v) is 18.5. The third-order valence-electron chi connectivity index (χ3n) is 5.08. The zero-order chi connectivity index (χ0) is 24.5. The number of hydrogen-bond acceptors (Lipinski definition) is 5. The second-order valence-electron chi connectivity index (χ2n) is 7.47. The molecule has 1 aromatic heterocycles. The number of methoxy groups -OCH3 is 1. The molecule has 0 aliphatic rings. The van der Waals surface area contributed by atoms with Gasteiger partial charge < -0.3 is 9.15 Å². The number of rotatable bonds is 6. The minimum atomic E-state index is -4.71. The fourth-order valence-corrected chi connectivity index (χ4v) is 4.53. The molecule has 0 amide bonds. The monoisotopic (exact) mass is 489 g/mol. The van der Waals surface area contributed by atoms with Gasteiger partial charge in [-0.15, -0.1) is 0 Å². The Balaban J connectivity index is 1.58. The molecular formula is C24H18F3NO5S. The van der Waals surface area contributed by atoms with Crippen molar-refractivity contribution in [3.63, 3.8) is 0 Å². The van der Waals surface area contributed by atoms with Crippen LogP contribution in [0.15, 0.2) is 86.9 Å². The zero-order valence-electron chi connectivity index (χ0n) is 17.7. The Labute approximate surface area is 192 Å². The van der Waals surface area contributed by atoms with Gasteiger partial charge in [0.1, 0.15) is 11.3 Å². The standard InChI is InChI=1S/C24H18F3NO5S/c1-32-18-4-2-3-17(13-18)28-34(30,31)19-8-5-15(6-9-19)11-16-7-10-22-20(12-16)21(24(25,26)27)14-23(29)33-22/h2-10,12-14,28H,11H2,1H3. The van der Waals surface area contributed by atoms with Crippen LogP contribution < -0.4 is 15.1 Å². The molecule has 0 aliphatic heterocycles. The number of nitrogens with one attached hydrogen (secondary N) is 1. The van der Waals surface area contributed by atoms with Crippen molar-refractivity contribution in [3.05, 3.63) is 99.9 Å². The molecule has 0 aliphatic carbocycles. The first-order valence-corrected chi connectivity index (χ1v) is 11.4. The van der Waals surface area contributed by atoms with Gasteiger partial charge in [-0.3, -0.25) is 4.72 Å². The SMILES string of the molecule is COc1cccc(NS(=O)(=O)c2ccc(Cc3ccc4oc(=O)cc(C(F)(F)F)c4c3)cc2)c1. The summed E-state index contributed by atoms with van der Waals surface area (Å²) in [6.45, 7) is 0. The molecule has 1 heterocycles. The van der Waals surface area contributed by atoms with Gasteiger partial charge in [0.25, 0.3) is 10.0 Å². The van der Waals surface area contributed by atoms with Crippen molar-refractivity contribution in [2.24, 2.45) is 0 Å². The van der Waals surface area contributed by atoms with Crippen molar-refractivity contribution in [1.82, 2.24) is 0 Å². The molecule has 3 aromatic carbocycles. The van der Waals surface area contributed by atoms with E-state index in [0.29, 0.717) is 28.6 Å². The highest BCUT2D eigenvalue weighted by atomic mass is 32.2. The van der Waals surface area contributed by atoms with Crippen LogP contribution in [0, 0.1) is 0 Å². The van der Waals surface area contributed by atoms with E-state index in [1.807, 2.05) is 0 Å². The van der Waals surface area contributed by atoms with E-state index in [1.165, 1.54) is 31.4 Å². The van der Waals surface area contributed by atoms with Gasteiger partial charge in [-0.25, -0.2) is 13.2 Å². The summed E-state index contributed by atoms with van der Waals surface area (Å²) in [4.78, 5) is 11.5. The van der Waals surface area contributed by atoms with Gasteiger partial charge >= 0.3 is 11.8 Å². The van der Waals surface area contributed by atoms with Crippen molar-refractivity contribution in [2.75, 3.05) is 11.8 Å². The lowest BCUT2D eigenvalue weighted by Crippen LogP contribution is -2.13. The summed E-state index contributed by atoms with van der Waals surface area (Å²) >= 11 is 0. The minimum Gasteiger partial charge on any atom is -0.497 e. The fraction of sp³-hybridized carbons (Fsp3) is 0.125. The molecule has 4 rings (SSSR count). The molecule has 176 valence electrons. The number of sulfonamides is 1. The first-order valence-electron chi connectivity index (χ1n) is 9.95. The molecule has 0 saturated carbocycles. The van der Waals surface area contributed by atoms with Crippen molar-refractivity contribution >= 4 is 26.7 Å². The maximum Gasteiger partial charge on any atom is 0.417 e. The topological polar surface area (TPSA) is 85.6 Å². The molecule has 4 aromatic rings. The van der Waals surface area contributed by atoms with Crippen LogP contribution in [-0.4, -0.2) is 15.5 Å². The van der Waals surface area contributed by atoms with Crippen molar-refractivity contribution < 1.29 is 30.7 Å². The molecule has 6 nitrogen and oxygen atoms in total. The predicted octanol–water partition coefficient (Wildman–Crippen LogP) is 5.21. The summed E-state index contributed by atoms with van der Waals surface area (Å²) in [5.74, 6) is 0.499. The second kappa shape index (κ2) is 8.86. The average molecular weight is 489 g/mol. The molecule has 0 fully saturated rings. The van der Waals surface area contributed by atoms with E-state index in [9.17, 15) is 26.4 Å². The van der Waals surface area contributed by atoms with Gasteiger partial charge in [0, 0.05) is 17.5 Å². The number of halogens is 3. The Morgan fingerprint density at radius 3 is 2.32 bits per heavy atom. The lowest BCUT2D eigenvalue weighted by Gasteiger charge is -2.11. The Kier molecular flexibility index (Phi) is 6.09. The van der Waals surface area contributed by atoms with Crippen LogP contribution in [0.3, 0.4) is 0 Å². The van der Waals surface area contributed by atoms with Gasteiger partial charge in [0.05, 0.1) is 23.3 Å². The molecule has 0 bridgehead atoms. The van der Waals surface area contributed by atoms with Gasteiger partial charge in [-0.05, 0) is 53.9 Å². The Morgan fingerprint density at radius 1 is 0.941 bits per heavy atom. The highest BCUT2D eigenvalue weighted by Gasteiger charge is 2.33. The summed E-state index contributed by atoms with van der Waals surface area (Å²) < 4.78 is 77.9. The maximum absolute atomic E-state index is 13.4. The number of fused-ring (bicyclic) bond motifs is 1. The third kappa shape index (κ3) is 5.07. The first-order chi connectivity index (χ1) is 16.0. The summed E-state index contributed by atoms with van der Waals surface area (Å²) in [6.07, 6.45) is -4.46. The van der Waals surface area contributed by atoms with E-state index in [4.69, 9.17) is 9.15 Å². The van der Waals surface area contributed by atoms with Crippen molar-refractivity contribution in [3.8, 4) is 5.75 Å². The molecule has 0 unspecified atom stereocenters. The van der Waals surface area contributed by atoms with Crippen molar-refractivity contribution in [1.29, 1.82) is 0 Å². The quantitative estimate of drug-likeness (QED) is 0.376. The van der Waals surface area contributed by atoms with E-state index in [0.717, 1.165) is 0 Å². The van der Waals surface area contributed by atoms with Crippen LogP contribution in [0.25, 0.3) is 11.0 Å². The molecule has 1 N–H and O–H groups in total. The Bertz CT molecular complexity index is 1510. The number of benzene rings is 3. The Morgan fingerprint density at radius 2 is 1.65 bits per heavy atom. The number of hydrogen-bond donors (Lipinski definition) is 1. The van der Waals surface area contributed by atoms with E-state index in [2.05, 4.69) is 4.72 Å². The van der Waals surface area contributed by atoms with Crippen molar-refractivity contribution in [2.45, 2.75) is 17.5 Å². The lowest BCUT2D eigenvalue weighted by atomic mass is 10.0. The molecule has 34 heavy (non-hydrogen) atoms. The van der Waals surface area contributed by atoms with Crippen LogP contribution in [0.5, 0.6) is 5.75 Å². The highest BCUT2D eigenvalue weighted by molar-refractivity contribution is 7.92. The molecular weight excluding hydrogens is 471 g/mol. The largest absolute Gasteiger partial charge is 0.497 e. The normalized spacial score (nSPS) is 12.0. The van der Waals surface area contributed by atoms with Gasteiger partial charge in [-0.1, -0.05) is 24.3 Å². The van der Waals surface area contributed by atoms with E-state index in [1.54, 1.807) is 42.5 Å². The predicted molar refractivity (Wildman–Crippen MR) is 121 cm³/mol. The maximum atomic E-state index is 13.4. The molecule has 0 atom stereocenters. The number of anilines is 1. The van der Waals surface area contributed by atoms with E-state index in [-0.39, 0.29) is 22.3 Å². The van der Waals surface area contributed by atoms with Gasteiger partial charge in [-0.2, -0.15) is 13.2 Å². The second-order valence-corrected chi connectivity index (χ2v) is 9.15. The fourth-order valence-electron chi connectivity index (χ4n) is 3.48. The number of alkyl halides is 3. The van der Waals surface area contributed by atoms with Gasteiger partial charge in [0.2, 0.25) is 0 Å². The van der Waals surface area contributed by atoms with E-state index < -0.39 is 27.4 Å². The van der Waals surface area contributed by atoms with Crippen LogP contribution in [-0.2, 0) is 22.6 Å². The summed E-state index contributed by atoms with van der Waals surface area (Å²) in [6, 6.07) is 17.1. The summed E-state index contributed by atoms with van der Waals surface area (Å²) in [5.41, 5.74) is -0.736. The van der Waals surface area contributed by atoms with E-state index >= 15 is 0 Å². The molecule has 0 saturated heterocycles. The van der Waals surface area contributed by atoms with Crippen LogP contribution in [0.4, 0.5) is 18.9 Å². The third-order valence-corrected chi connectivity index (χ3v) is 6.47. The molecule has 0 spiro atoms. The smallest absolute Gasteiger partial charge is 0.417 e. The summed E-state index contributed by atoms with van der Waals surface area (Å²) in [7, 11) is -2.38.